The van der Waals surface area contributed by atoms with E-state index < -0.39 is 0 Å². The predicted octanol–water partition coefficient (Wildman–Crippen LogP) is 1.58. The molecule has 2 N–H and O–H groups in total. The zero-order chi connectivity index (χ0) is 6.20. The quantitative estimate of drug-likeness (QED) is 0.576. The molecule has 1 fully saturated rings. The fraction of sp³-hybridized carbons (Fsp3) is 1.00. The Hall–Kier alpha value is 0.310. The summed E-state index contributed by atoms with van der Waals surface area (Å²) < 4.78 is 0. The van der Waals surface area contributed by atoms with Gasteiger partial charge in [-0.1, -0.05) is 13.8 Å². The summed E-state index contributed by atoms with van der Waals surface area (Å²) in [4.78, 5) is 0.189. The van der Waals surface area contributed by atoms with Gasteiger partial charge < -0.3 is 5.73 Å². The maximum Gasteiger partial charge on any atom is 0.0624 e. The van der Waals surface area contributed by atoms with E-state index in [1.165, 1.54) is 12.8 Å². The van der Waals surface area contributed by atoms with Crippen LogP contribution in [0.15, 0.2) is 0 Å². The van der Waals surface area contributed by atoms with Gasteiger partial charge in [0.15, 0.2) is 0 Å². The minimum atomic E-state index is 0.189. The second-order valence-electron chi connectivity index (χ2n) is 2.73. The smallest absolute Gasteiger partial charge is 0.0624 e. The highest BCUT2D eigenvalue weighted by Crippen LogP contribution is 2.44. The molecule has 1 nitrogen and oxygen atoms in total. The number of thioether (sulfide) groups is 1. The van der Waals surface area contributed by atoms with E-state index in [0.29, 0.717) is 5.25 Å². The molecule has 0 heterocycles. The van der Waals surface area contributed by atoms with Gasteiger partial charge in [0.1, 0.15) is 0 Å². The van der Waals surface area contributed by atoms with Crippen LogP contribution in [0, 0.1) is 0 Å². The monoisotopic (exact) mass is 131 g/mol. The van der Waals surface area contributed by atoms with Crippen molar-refractivity contribution in [2.45, 2.75) is 36.8 Å². The highest BCUT2D eigenvalue weighted by Gasteiger charge is 2.39. The zero-order valence-corrected chi connectivity index (χ0v) is 6.29. The van der Waals surface area contributed by atoms with Crippen LogP contribution in [-0.2, 0) is 0 Å². The molecule has 8 heavy (non-hydrogen) atoms. The van der Waals surface area contributed by atoms with Gasteiger partial charge in [0.05, 0.1) is 4.87 Å². The van der Waals surface area contributed by atoms with Gasteiger partial charge in [-0.15, -0.1) is 11.8 Å². The summed E-state index contributed by atoms with van der Waals surface area (Å²) in [5, 5.41) is 0.697. The first kappa shape index (κ1) is 6.43. The van der Waals surface area contributed by atoms with E-state index in [2.05, 4.69) is 13.8 Å². The van der Waals surface area contributed by atoms with Crippen molar-refractivity contribution < 1.29 is 0 Å². The number of hydrogen-bond acceptors (Lipinski definition) is 2. The molecule has 1 rings (SSSR count). The van der Waals surface area contributed by atoms with Crippen molar-refractivity contribution in [3.63, 3.8) is 0 Å². The summed E-state index contributed by atoms with van der Waals surface area (Å²) in [6.45, 7) is 4.38. The van der Waals surface area contributed by atoms with Gasteiger partial charge in [-0.3, -0.25) is 0 Å². The molecule has 1 aliphatic rings. The first-order valence-electron chi connectivity index (χ1n) is 3.09. The van der Waals surface area contributed by atoms with Crippen LogP contribution < -0.4 is 5.73 Å². The van der Waals surface area contributed by atoms with Crippen LogP contribution in [0.2, 0.25) is 0 Å². The van der Waals surface area contributed by atoms with Crippen LogP contribution in [0.1, 0.15) is 26.7 Å². The third-order valence-electron chi connectivity index (χ3n) is 1.21. The van der Waals surface area contributed by atoms with Crippen LogP contribution in [0.4, 0.5) is 0 Å². The molecule has 2 heteroatoms. The van der Waals surface area contributed by atoms with Gasteiger partial charge in [-0.2, -0.15) is 0 Å². The van der Waals surface area contributed by atoms with Crippen molar-refractivity contribution in [3.8, 4) is 0 Å². The summed E-state index contributed by atoms with van der Waals surface area (Å²) in [6.07, 6.45) is 2.44. The van der Waals surface area contributed by atoms with Crippen LogP contribution in [0.3, 0.4) is 0 Å². The molecule has 0 spiro atoms. The molecule has 0 unspecified atom stereocenters. The second-order valence-corrected chi connectivity index (χ2v) is 4.72. The molecule has 0 atom stereocenters. The summed E-state index contributed by atoms with van der Waals surface area (Å²) in [5.74, 6) is 0. The second kappa shape index (κ2) is 1.92. The van der Waals surface area contributed by atoms with Gasteiger partial charge >= 0.3 is 0 Å². The minimum Gasteiger partial charge on any atom is -0.317 e. The Labute approximate surface area is 55.0 Å². The number of nitrogens with two attached hydrogens (primary N) is 1. The molecule has 48 valence electrons. The van der Waals surface area contributed by atoms with E-state index in [0.717, 1.165) is 0 Å². The molecule has 0 saturated heterocycles. The van der Waals surface area contributed by atoms with Gasteiger partial charge in [0, 0.05) is 5.25 Å². The fourth-order valence-electron chi connectivity index (χ4n) is 0.710. The lowest BCUT2D eigenvalue weighted by Gasteiger charge is -2.09. The van der Waals surface area contributed by atoms with Gasteiger partial charge in [0.2, 0.25) is 0 Å². The molecule has 0 aromatic rings. The van der Waals surface area contributed by atoms with Crippen molar-refractivity contribution in [2.24, 2.45) is 5.73 Å². The molecular formula is C6H13NS. The lowest BCUT2D eigenvalue weighted by molar-refractivity contribution is 0.959. The highest BCUT2D eigenvalue weighted by atomic mass is 32.2. The van der Waals surface area contributed by atoms with Gasteiger partial charge in [-0.05, 0) is 12.8 Å². The van der Waals surface area contributed by atoms with Crippen molar-refractivity contribution in [1.29, 1.82) is 0 Å². The molecule has 1 aliphatic carbocycles. The Morgan fingerprint density at radius 1 is 1.50 bits per heavy atom. The molecule has 0 radical (unpaired) electrons. The lowest BCUT2D eigenvalue weighted by atomic mass is 10.6. The first-order chi connectivity index (χ1) is 3.62. The molecule has 0 bridgehead atoms. The normalized spacial score (nSPS) is 24.0. The lowest BCUT2D eigenvalue weighted by Crippen LogP contribution is -2.18. The van der Waals surface area contributed by atoms with Crippen molar-refractivity contribution >= 4 is 11.8 Å². The zero-order valence-electron chi connectivity index (χ0n) is 5.48. The highest BCUT2D eigenvalue weighted by molar-refractivity contribution is 8.01. The fourth-order valence-corrected chi connectivity index (χ4v) is 1.99. The molecule has 1 saturated carbocycles. The maximum atomic E-state index is 5.81. The maximum absolute atomic E-state index is 5.81. The summed E-state index contributed by atoms with van der Waals surface area (Å²) in [5.41, 5.74) is 5.81. The van der Waals surface area contributed by atoms with Gasteiger partial charge in [0.25, 0.3) is 0 Å². The van der Waals surface area contributed by atoms with E-state index in [1.807, 2.05) is 11.8 Å². The molecule has 0 aromatic carbocycles. The molecule has 0 aromatic heterocycles. The Morgan fingerprint density at radius 3 is 2.12 bits per heavy atom. The topological polar surface area (TPSA) is 26.0 Å². The molecule has 0 aliphatic heterocycles. The van der Waals surface area contributed by atoms with Gasteiger partial charge in [-0.25, -0.2) is 0 Å². The van der Waals surface area contributed by atoms with Crippen LogP contribution >= 0.6 is 11.8 Å². The average Bonchev–Trinajstić information content (AvgIpc) is 2.17. The van der Waals surface area contributed by atoms with Crippen molar-refractivity contribution in [2.75, 3.05) is 0 Å². The van der Waals surface area contributed by atoms with Crippen molar-refractivity contribution in [3.05, 3.63) is 0 Å². The first-order valence-corrected chi connectivity index (χ1v) is 3.97. The Morgan fingerprint density at radius 2 is 2.00 bits per heavy atom. The predicted molar refractivity (Wildman–Crippen MR) is 38.9 cm³/mol. The Bertz CT molecular complexity index is 86.5. The van der Waals surface area contributed by atoms with E-state index in [9.17, 15) is 0 Å². The summed E-state index contributed by atoms with van der Waals surface area (Å²) in [7, 11) is 0. The SMILES string of the molecule is CC(C)SC1(N)CC1. The van der Waals surface area contributed by atoms with E-state index >= 15 is 0 Å². The Kier molecular flexibility index (Phi) is 1.54. The van der Waals surface area contributed by atoms with E-state index in [4.69, 9.17) is 5.73 Å². The number of rotatable bonds is 2. The minimum absolute atomic E-state index is 0.189. The number of hydrogen-bond donors (Lipinski definition) is 1. The molecular weight excluding hydrogens is 118 g/mol. The average molecular weight is 131 g/mol. The van der Waals surface area contributed by atoms with Crippen molar-refractivity contribution in [1.82, 2.24) is 0 Å². The largest absolute Gasteiger partial charge is 0.317 e. The van der Waals surface area contributed by atoms with E-state index in [-0.39, 0.29) is 4.87 Å². The van der Waals surface area contributed by atoms with Crippen LogP contribution in [0.25, 0.3) is 0 Å². The summed E-state index contributed by atoms with van der Waals surface area (Å²) in [6, 6.07) is 0. The van der Waals surface area contributed by atoms with E-state index in [1.54, 1.807) is 0 Å². The Balaban J connectivity index is 2.19. The standard InChI is InChI=1S/C6H13NS/c1-5(2)8-6(7)3-4-6/h5H,3-4,7H2,1-2H3. The third-order valence-corrected chi connectivity index (χ3v) is 2.56. The van der Waals surface area contributed by atoms with Crippen LogP contribution in [0.5, 0.6) is 0 Å². The molecule has 0 amide bonds. The third kappa shape index (κ3) is 1.67. The summed E-state index contributed by atoms with van der Waals surface area (Å²) >= 11 is 1.90. The van der Waals surface area contributed by atoms with Crippen LogP contribution in [-0.4, -0.2) is 10.1 Å².